The number of hydrogen-bond acceptors (Lipinski definition) is 2. The molecule has 3 nitrogen and oxygen atoms in total. The molecule has 1 heterocycles. The van der Waals surface area contributed by atoms with E-state index in [0.29, 0.717) is 16.7 Å². The van der Waals surface area contributed by atoms with Crippen LogP contribution in [0.3, 0.4) is 0 Å². The molecule has 0 N–H and O–H groups in total. The fourth-order valence-corrected chi connectivity index (χ4v) is 1.40. The summed E-state index contributed by atoms with van der Waals surface area (Å²) >= 11 is 0. The monoisotopic (exact) mass is 180 g/mol. The number of hydrogen-bond donors (Lipinski definition) is 0. The zero-order valence-electron chi connectivity index (χ0n) is 7.41. The van der Waals surface area contributed by atoms with Crippen molar-refractivity contribution in [3.63, 3.8) is 0 Å². The second kappa shape index (κ2) is 2.73. The summed E-state index contributed by atoms with van der Waals surface area (Å²) in [4.78, 5) is 0. The normalized spacial score (nSPS) is 10.7. The summed E-state index contributed by atoms with van der Waals surface area (Å²) in [6.07, 6.45) is 1.59. The van der Waals surface area contributed by atoms with Gasteiger partial charge in [-0.15, -0.1) is 0 Å². The molecule has 0 saturated carbocycles. The average molecular weight is 180 g/mol. The van der Waals surface area contributed by atoms with Crippen LogP contribution >= 0.6 is 0 Å². The third-order valence-electron chi connectivity index (χ3n) is 2.03. The minimum Gasteiger partial charge on any atom is -0.496 e. The highest BCUT2D eigenvalue weighted by Crippen LogP contribution is 2.26. The van der Waals surface area contributed by atoms with Crippen LogP contribution < -0.4 is 4.74 Å². The number of aryl methyl sites for hydroxylation is 1. The van der Waals surface area contributed by atoms with Crippen molar-refractivity contribution in [2.45, 2.75) is 0 Å². The number of ether oxygens (including phenoxy) is 1. The van der Waals surface area contributed by atoms with Crippen molar-refractivity contribution >= 4 is 10.9 Å². The van der Waals surface area contributed by atoms with Crippen LogP contribution in [0.5, 0.6) is 5.75 Å². The topological polar surface area (TPSA) is 27.1 Å². The maximum absolute atomic E-state index is 13.3. The second-order valence-corrected chi connectivity index (χ2v) is 2.78. The van der Waals surface area contributed by atoms with Crippen LogP contribution in [0.2, 0.25) is 0 Å². The van der Waals surface area contributed by atoms with Crippen LogP contribution in [0.4, 0.5) is 4.39 Å². The Balaban J connectivity index is 2.87. The average Bonchev–Trinajstić information content (AvgIpc) is 2.50. The molecule has 68 valence electrons. The van der Waals surface area contributed by atoms with Gasteiger partial charge in [-0.2, -0.15) is 5.10 Å². The number of fused-ring (bicyclic) bond motifs is 1. The lowest BCUT2D eigenvalue weighted by atomic mass is 10.2. The van der Waals surface area contributed by atoms with Gasteiger partial charge in [-0.3, -0.25) is 4.68 Å². The third-order valence-corrected chi connectivity index (χ3v) is 2.03. The van der Waals surface area contributed by atoms with Crippen molar-refractivity contribution in [1.29, 1.82) is 0 Å². The second-order valence-electron chi connectivity index (χ2n) is 2.78. The lowest BCUT2D eigenvalue weighted by molar-refractivity contribution is 0.419. The van der Waals surface area contributed by atoms with Crippen LogP contribution in [0, 0.1) is 5.82 Å². The van der Waals surface area contributed by atoms with Crippen LogP contribution in [-0.4, -0.2) is 16.9 Å². The Morgan fingerprint density at radius 2 is 2.23 bits per heavy atom. The molecule has 0 aliphatic heterocycles. The molecule has 0 radical (unpaired) electrons. The molecule has 2 rings (SSSR count). The number of aromatic nitrogens is 2. The van der Waals surface area contributed by atoms with E-state index in [2.05, 4.69) is 5.10 Å². The number of nitrogens with zero attached hydrogens (tertiary/aromatic N) is 2. The number of methoxy groups -OCH3 is 1. The summed E-state index contributed by atoms with van der Waals surface area (Å²) in [6, 6.07) is 2.97. The van der Waals surface area contributed by atoms with Crippen molar-refractivity contribution < 1.29 is 9.13 Å². The van der Waals surface area contributed by atoms with Crippen LogP contribution in [0.15, 0.2) is 18.3 Å². The van der Waals surface area contributed by atoms with E-state index < -0.39 is 0 Å². The smallest absolute Gasteiger partial charge is 0.149 e. The molecular formula is C9H9FN2O. The molecule has 0 unspecified atom stereocenters. The highest BCUT2D eigenvalue weighted by molar-refractivity contribution is 5.85. The van der Waals surface area contributed by atoms with Gasteiger partial charge in [0.1, 0.15) is 17.1 Å². The molecule has 0 amide bonds. The van der Waals surface area contributed by atoms with Gasteiger partial charge in [-0.1, -0.05) is 0 Å². The Kier molecular flexibility index (Phi) is 1.69. The molecule has 0 fully saturated rings. The van der Waals surface area contributed by atoms with Gasteiger partial charge >= 0.3 is 0 Å². The fraction of sp³-hybridized carbons (Fsp3) is 0.222. The summed E-state index contributed by atoms with van der Waals surface area (Å²) in [5, 5.41) is 4.66. The van der Waals surface area contributed by atoms with Gasteiger partial charge in [-0.25, -0.2) is 4.39 Å². The first-order valence-electron chi connectivity index (χ1n) is 3.88. The largest absolute Gasteiger partial charge is 0.496 e. The Hall–Kier alpha value is -1.58. The molecule has 0 aliphatic rings. The van der Waals surface area contributed by atoms with Gasteiger partial charge < -0.3 is 4.74 Å². The molecule has 0 spiro atoms. The van der Waals surface area contributed by atoms with Crippen molar-refractivity contribution in [2.24, 2.45) is 7.05 Å². The summed E-state index contributed by atoms with van der Waals surface area (Å²) in [5.41, 5.74) is 0.472. The quantitative estimate of drug-likeness (QED) is 0.668. The fourth-order valence-electron chi connectivity index (χ4n) is 1.40. The first kappa shape index (κ1) is 8.04. The minimum absolute atomic E-state index is 0.282. The zero-order valence-corrected chi connectivity index (χ0v) is 7.41. The summed E-state index contributed by atoms with van der Waals surface area (Å²) < 4.78 is 19.8. The summed E-state index contributed by atoms with van der Waals surface area (Å²) in [7, 11) is 3.25. The van der Waals surface area contributed by atoms with Crippen molar-refractivity contribution in [3.8, 4) is 5.75 Å². The Morgan fingerprint density at radius 3 is 2.92 bits per heavy atom. The maximum Gasteiger partial charge on any atom is 0.149 e. The number of rotatable bonds is 1. The van der Waals surface area contributed by atoms with Crippen LogP contribution in [0.1, 0.15) is 0 Å². The summed E-state index contributed by atoms with van der Waals surface area (Å²) in [6.45, 7) is 0. The van der Waals surface area contributed by atoms with E-state index in [1.54, 1.807) is 26.4 Å². The van der Waals surface area contributed by atoms with E-state index in [0.717, 1.165) is 0 Å². The third kappa shape index (κ3) is 1.06. The van der Waals surface area contributed by atoms with Crippen LogP contribution in [-0.2, 0) is 7.05 Å². The molecule has 13 heavy (non-hydrogen) atoms. The zero-order chi connectivity index (χ0) is 9.42. The molecule has 4 heteroatoms. The molecule has 0 bridgehead atoms. The van der Waals surface area contributed by atoms with Crippen molar-refractivity contribution in [2.75, 3.05) is 7.11 Å². The summed E-state index contributed by atoms with van der Waals surface area (Å²) in [5.74, 6) is 0.361. The van der Waals surface area contributed by atoms with Gasteiger partial charge in [-0.05, 0) is 12.1 Å². The van der Waals surface area contributed by atoms with E-state index in [4.69, 9.17) is 4.74 Å². The minimum atomic E-state index is -0.282. The predicted molar refractivity (Wildman–Crippen MR) is 47.2 cm³/mol. The van der Waals surface area contributed by atoms with Gasteiger partial charge in [0.15, 0.2) is 0 Å². The molecule has 2 aromatic rings. The van der Waals surface area contributed by atoms with Crippen LogP contribution in [0.25, 0.3) is 10.9 Å². The van der Waals surface area contributed by atoms with Crippen molar-refractivity contribution in [1.82, 2.24) is 9.78 Å². The number of halogens is 1. The van der Waals surface area contributed by atoms with E-state index in [1.807, 2.05) is 0 Å². The predicted octanol–water partition coefficient (Wildman–Crippen LogP) is 1.72. The molecular weight excluding hydrogens is 171 g/mol. The van der Waals surface area contributed by atoms with E-state index >= 15 is 0 Å². The van der Waals surface area contributed by atoms with E-state index in [1.165, 1.54) is 10.7 Å². The Labute approximate surface area is 74.7 Å². The maximum atomic E-state index is 13.3. The Morgan fingerprint density at radius 1 is 1.46 bits per heavy atom. The molecule has 0 saturated heterocycles. The molecule has 1 aromatic heterocycles. The molecule has 0 aliphatic carbocycles. The van der Waals surface area contributed by atoms with Gasteiger partial charge in [0.25, 0.3) is 0 Å². The lowest BCUT2D eigenvalue weighted by Crippen LogP contribution is -1.92. The molecule has 1 aromatic carbocycles. The first-order valence-corrected chi connectivity index (χ1v) is 3.88. The van der Waals surface area contributed by atoms with Crippen molar-refractivity contribution in [3.05, 3.63) is 24.1 Å². The number of benzene rings is 1. The van der Waals surface area contributed by atoms with E-state index in [-0.39, 0.29) is 5.82 Å². The van der Waals surface area contributed by atoms with Gasteiger partial charge in [0, 0.05) is 7.05 Å². The highest BCUT2D eigenvalue weighted by atomic mass is 19.1. The SMILES string of the molecule is COc1ccc(F)c2c1cnn2C. The van der Waals surface area contributed by atoms with E-state index in [9.17, 15) is 4.39 Å². The Bertz CT molecular complexity index is 450. The standard InChI is InChI=1S/C9H9FN2O/c1-12-9-6(5-11-12)8(13-2)4-3-7(9)10/h3-5H,1-2H3. The highest BCUT2D eigenvalue weighted by Gasteiger charge is 2.09. The molecule has 0 atom stereocenters. The van der Waals surface area contributed by atoms with Gasteiger partial charge in [0.2, 0.25) is 0 Å². The lowest BCUT2D eigenvalue weighted by Gasteiger charge is -2.01. The first-order chi connectivity index (χ1) is 6.24. The van der Waals surface area contributed by atoms with Gasteiger partial charge in [0.05, 0.1) is 18.7 Å².